The largest absolute Gasteiger partial charge is 0.461 e. The first kappa shape index (κ1) is 26.3. The molecule has 1 saturated heterocycles. The average Bonchev–Trinajstić information content (AvgIpc) is 3.21. The van der Waals surface area contributed by atoms with E-state index >= 15 is 0 Å². The first-order valence-corrected chi connectivity index (χ1v) is 12.7. The van der Waals surface area contributed by atoms with Crippen molar-refractivity contribution in [2.75, 3.05) is 19.7 Å². The van der Waals surface area contributed by atoms with Crippen molar-refractivity contribution in [3.63, 3.8) is 0 Å². The highest BCUT2D eigenvalue weighted by molar-refractivity contribution is 5.91. The van der Waals surface area contributed by atoms with Gasteiger partial charge in [0.25, 0.3) is 0 Å². The second-order valence-corrected chi connectivity index (χ2v) is 10.1. The SMILES string of the molecule is CCOC(=O)c1c(C)c(-c2ccc(Oc3ccccc3)cc2)nn1C1CCCN(C(=O)OC(C)(C)C)C1. The summed E-state index contributed by atoms with van der Waals surface area (Å²) in [4.78, 5) is 27.5. The molecule has 196 valence electrons. The number of para-hydroxylation sites is 1. The number of benzene rings is 2. The number of piperidine rings is 1. The van der Waals surface area contributed by atoms with E-state index in [0.717, 1.165) is 29.7 Å². The Hall–Kier alpha value is -3.81. The molecule has 0 N–H and O–H groups in total. The molecule has 8 nitrogen and oxygen atoms in total. The van der Waals surface area contributed by atoms with E-state index in [0.29, 0.717) is 30.2 Å². The second kappa shape index (κ2) is 11.1. The Morgan fingerprint density at radius 1 is 1.03 bits per heavy atom. The maximum Gasteiger partial charge on any atom is 0.410 e. The first-order valence-electron chi connectivity index (χ1n) is 12.7. The van der Waals surface area contributed by atoms with Gasteiger partial charge in [-0.25, -0.2) is 9.59 Å². The number of carbonyl (C=O) groups is 2. The van der Waals surface area contributed by atoms with Crippen LogP contribution in [-0.4, -0.2) is 52.0 Å². The van der Waals surface area contributed by atoms with Crippen molar-refractivity contribution >= 4 is 12.1 Å². The van der Waals surface area contributed by atoms with E-state index in [1.807, 2.05) is 82.3 Å². The summed E-state index contributed by atoms with van der Waals surface area (Å²) >= 11 is 0. The fraction of sp³-hybridized carbons (Fsp3) is 0.414. The van der Waals surface area contributed by atoms with Crippen LogP contribution in [0.5, 0.6) is 11.5 Å². The number of amides is 1. The number of carbonyl (C=O) groups excluding carboxylic acids is 2. The summed E-state index contributed by atoms with van der Waals surface area (Å²) in [7, 11) is 0. The number of esters is 1. The molecule has 0 spiro atoms. The third-order valence-electron chi connectivity index (χ3n) is 6.12. The molecule has 1 atom stereocenters. The van der Waals surface area contributed by atoms with Crippen LogP contribution in [0.25, 0.3) is 11.3 Å². The summed E-state index contributed by atoms with van der Waals surface area (Å²) in [5.74, 6) is 1.04. The van der Waals surface area contributed by atoms with Gasteiger partial charge in [-0.1, -0.05) is 18.2 Å². The Bertz CT molecular complexity index is 1230. The number of hydrogen-bond acceptors (Lipinski definition) is 6. The molecule has 1 amide bonds. The Morgan fingerprint density at radius 3 is 2.35 bits per heavy atom. The van der Waals surface area contributed by atoms with Gasteiger partial charge < -0.3 is 19.1 Å². The lowest BCUT2D eigenvalue weighted by Crippen LogP contribution is -2.44. The van der Waals surface area contributed by atoms with Gasteiger partial charge in [0.1, 0.15) is 22.8 Å². The number of ether oxygens (including phenoxy) is 3. The molecule has 0 aliphatic carbocycles. The Kier molecular flexibility index (Phi) is 7.86. The summed E-state index contributed by atoms with van der Waals surface area (Å²) < 4.78 is 18.6. The highest BCUT2D eigenvalue weighted by atomic mass is 16.6. The van der Waals surface area contributed by atoms with E-state index in [1.165, 1.54) is 0 Å². The van der Waals surface area contributed by atoms with Crippen LogP contribution >= 0.6 is 0 Å². The maximum atomic E-state index is 13.0. The maximum absolute atomic E-state index is 13.0. The molecule has 4 rings (SSSR count). The van der Waals surface area contributed by atoms with Gasteiger partial charge >= 0.3 is 12.1 Å². The zero-order valence-corrected chi connectivity index (χ0v) is 22.2. The molecule has 1 unspecified atom stereocenters. The van der Waals surface area contributed by atoms with Crippen LogP contribution in [0.2, 0.25) is 0 Å². The van der Waals surface area contributed by atoms with Crippen LogP contribution < -0.4 is 4.74 Å². The zero-order valence-electron chi connectivity index (χ0n) is 22.2. The molecule has 37 heavy (non-hydrogen) atoms. The average molecular weight is 506 g/mol. The lowest BCUT2D eigenvalue weighted by molar-refractivity contribution is 0.0165. The molecule has 3 aromatic rings. The van der Waals surface area contributed by atoms with E-state index in [4.69, 9.17) is 19.3 Å². The molecule has 2 heterocycles. The Balaban J connectivity index is 1.62. The predicted octanol–water partition coefficient (Wildman–Crippen LogP) is 6.40. The predicted molar refractivity (Wildman–Crippen MR) is 141 cm³/mol. The molecule has 1 aliphatic heterocycles. The summed E-state index contributed by atoms with van der Waals surface area (Å²) in [6, 6.07) is 17.0. The van der Waals surface area contributed by atoms with Crippen molar-refractivity contribution in [1.29, 1.82) is 0 Å². The molecular formula is C29H35N3O5. The van der Waals surface area contributed by atoms with Crippen molar-refractivity contribution < 1.29 is 23.8 Å². The molecule has 2 aromatic carbocycles. The standard InChI is InChI=1S/C29H35N3O5/c1-6-35-27(33)26-20(2)25(21-14-16-24(17-15-21)36-23-12-8-7-9-13-23)30-32(26)22-11-10-18-31(19-22)28(34)37-29(3,4)5/h7-9,12-17,22H,6,10-11,18-19H2,1-5H3. The molecule has 1 aromatic heterocycles. The van der Waals surface area contributed by atoms with E-state index in [9.17, 15) is 9.59 Å². The molecule has 1 aliphatic rings. The van der Waals surface area contributed by atoms with Gasteiger partial charge in [-0.15, -0.1) is 0 Å². The Labute approximate surface area is 218 Å². The lowest BCUT2D eigenvalue weighted by Gasteiger charge is -2.34. The quantitative estimate of drug-likeness (QED) is 0.361. The van der Waals surface area contributed by atoms with Crippen molar-refractivity contribution in [2.45, 2.75) is 59.1 Å². The Morgan fingerprint density at radius 2 is 1.70 bits per heavy atom. The second-order valence-electron chi connectivity index (χ2n) is 10.1. The first-order chi connectivity index (χ1) is 17.7. The van der Waals surface area contributed by atoms with Gasteiger partial charge in [0.05, 0.1) is 18.3 Å². The van der Waals surface area contributed by atoms with Gasteiger partial charge in [-0.3, -0.25) is 4.68 Å². The topological polar surface area (TPSA) is 82.9 Å². The van der Waals surface area contributed by atoms with Crippen LogP contribution in [0.3, 0.4) is 0 Å². The highest BCUT2D eigenvalue weighted by Gasteiger charge is 2.33. The van der Waals surface area contributed by atoms with E-state index in [1.54, 1.807) is 16.5 Å². The lowest BCUT2D eigenvalue weighted by atomic mass is 10.0. The third-order valence-corrected chi connectivity index (χ3v) is 6.12. The summed E-state index contributed by atoms with van der Waals surface area (Å²) in [6.07, 6.45) is 1.22. The fourth-order valence-corrected chi connectivity index (χ4v) is 4.45. The van der Waals surface area contributed by atoms with Gasteiger partial charge in [0, 0.05) is 24.2 Å². The summed E-state index contributed by atoms with van der Waals surface area (Å²) in [5.41, 5.74) is 2.14. The summed E-state index contributed by atoms with van der Waals surface area (Å²) in [6.45, 7) is 10.5. The van der Waals surface area contributed by atoms with Crippen LogP contribution in [-0.2, 0) is 9.47 Å². The van der Waals surface area contributed by atoms with Crippen LogP contribution in [0.15, 0.2) is 54.6 Å². The number of aromatic nitrogens is 2. The molecule has 0 saturated carbocycles. The van der Waals surface area contributed by atoms with Crippen molar-refractivity contribution in [3.8, 4) is 22.8 Å². The van der Waals surface area contributed by atoms with E-state index in [-0.39, 0.29) is 18.7 Å². The van der Waals surface area contributed by atoms with Gasteiger partial charge in [-0.05, 0) is 83.9 Å². The monoisotopic (exact) mass is 505 g/mol. The van der Waals surface area contributed by atoms with Crippen molar-refractivity contribution in [2.24, 2.45) is 0 Å². The minimum absolute atomic E-state index is 0.172. The van der Waals surface area contributed by atoms with Crippen molar-refractivity contribution in [1.82, 2.24) is 14.7 Å². The van der Waals surface area contributed by atoms with Crippen LogP contribution in [0, 0.1) is 6.92 Å². The van der Waals surface area contributed by atoms with Crippen LogP contribution in [0.1, 0.15) is 62.6 Å². The highest BCUT2D eigenvalue weighted by Crippen LogP contribution is 2.32. The minimum atomic E-state index is -0.577. The van der Waals surface area contributed by atoms with Crippen molar-refractivity contribution in [3.05, 3.63) is 65.9 Å². The normalized spacial score (nSPS) is 15.8. The van der Waals surface area contributed by atoms with E-state index in [2.05, 4.69) is 0 Å². The molecule has 0 bridgehead atoms. The molecule has 0 radical (unpaired) electrons. The van der Waals surface area contributed by atoms with Crippen LogP contribution in [0.4, 0.5) is 4.79 Å². The third kappa shape index (κ3) is 6.31. The number of rotatable bonds is 6. The number of likely N-dealkylation sites (tertiary alicyclic amines) is 1. The number of nitrogens with zero attached hydrogens (tertiary/aromatic N) is 3. The van der Waals surface area contributed by atoms with Gasteiger partial charge in [0.15, 0.2) is 0 Å². The number of hydrogen-bond donors (Lipinski definition) is 0. The van der Waals surface area contributed by atoms with Gasteiger partial charge in [0.2, 0.25) is 0 Å². The molecule has 1 fully saturated rings. The van der Waals surface area contributed by atoms with Gasteiger partial charge in [-0.2, -0.15) is 5.10 Å². The van der Waals surface area contributed by atoms with E-state index < -0.39 is 11.6 Å². The minimum Gasteiger partial charge on any atom is -0.461 e. The molecular weight excluding hydrogens is 470 g/mol. The fourth-order valence-electron chi connectivity index (χ4n) is 4.45. The zero-order chi connectivity index (χ0) is 26.6. The molecule has 8 heteroatoms. The summed E-state index contributed by atoms with van der Waals surface area (Å²) in [5, 5.41) is 4.89. The smallest absolute Gasteiger partial charge is 0.410 e.